The van der Waals surface area contributed by atoms with Crippen LogP contribution >= 0.6 is 0 Å². The van der Waals surface area contributed by atoms with Gasteiger partial charge in [-0.3, -0.25) is 24.8 Å². The van der Waals surface area contributed by atoms with Gasteiger partial charge in [0.25, 0.3) is 11.6 Å². The van der Waals surface area contributed by atoms with E-state index in [9.17, 15) is 14.9 Å². The van der Waals surface area contributed by atoms with E-state index in [-0.39, 0.29) is 11.4 Å². The minimum Gasteiger partial charge on any atom is -0.277 e. The second-order valence-corrected chi connectivity index (χ2v) is 3.54. The van der Waals surface area contributed by atoms with Crippen molar-refractivity contribution in [2.45, 2.75) is 0 Å². The van der Waals surface area contributed by atoms with E-state index in [1.54, 1.807) is 0 Å². The fourth-order valence-electron chi connectivity index (χ4n) is 1.51. The van der Waals surface area contributed by atoms with E-state index in [1.165, 1.54) is 32.4 Å². The summed E-state index contributed by atoms with van der Waals surface area (Å²) in [7, 11) is 2.77. The van der Waals surface area contributed by atoms with Gasteiger partial charge in [-0.1, -0.05) is 0 Å². The molecular weight excluding hydrogens is 240 g/mol. The van der Waals surface area contributed by atoms with Crippen molar-refractivity contribution in [2.24, 2.45) is 0 Å². The lowest BCUT2D eigenvalue weighted by Gasteiger charge is -2.11. The maximum atomic E-state index is 11.9. The van der Waals surface area contributed by atoms with Crippen molar-refractivity contribution in [1.82, 2.24) is 15.3 Å². The molecule has 1 aromatic heterocycles. The van der Waals surface area contributed by atoms with Crippen molar-refractivity contribution in [3.63, 3.8) is 0 Å². The molecule has 0 bridgehead atoms. The minimum atomic E-state index is -0.527. The third-order valence-electron chi connectivity index (χ3n) is 2.52. The number of carbonyl (C=O) groups excluding carboxylic acids is 1. The van der Waals surface area contributed by atoms with Crippen LogP contribution < -0.4 is 0 Å². The number of hydroxylamine groups is 2. The Kier molecular flexibility index (Phi) is 2.94. The number of aromatic nitrogens is 2. The molecule has 2 rings (SSSR count). The van der Waals surface area contributed by atoms with Crippen molar-refractivity contribution in [2.75, 3.05) is 14.2 Å². The van der Waals surface area contributed by atoms with Crippen LogP contribution in [0.25, 0.3) is 10.9 Å². The SMILES string of the molecule is CON(C)C(=O)c1n[nH]c2ccc([N+](=O)[O-])cc12. The topological polar surface area (TPSA) is 101 Å². The third kappa shape index (κ3) is 1.89. The Hall–Kier alpha value is -2.48. The Morgan fingerprint density at radius 2 is 2.28 bits per heavy atom. The zero-order valence-corrected chi connectivity index (χ0v) is 9.71. The average Bonchev–Trinajstić information content (AvgIpc) is 2.79. The predicted molar refractivity (Wildman–Crippen MR) is 61.9 cm³/mol. The van der Waals surface area contributed by atoms with Gasteiger partial charge in [-0.05, 0) is 6.07 Å². The Morgan fingerprint density at radius 1 is 1.56 bits per heavy atom. The van der Waals surface area contributed by atoms with E-state index in [2.05, 4.69) is 10.2 Å². The normalized spacial score (nSPS) is 10.6. The fourth-order valence-corrected chi connectivity index (χ4v) is 1.51. The van der Waals surface area contributed by atoms with Crippen LogP contribution in [0.5, 0.6) is 0 Å². The first-order chi connectivity index (χ1) is 8.54. The van der Waals surface area contributed by atoms with Gasteiger partial charge in [0.05, 0.1) is 17.5 Å². The Bertz CT molecular complexity index is 621. The highest BCUT2D eigenvalue weighted by Crippen LogP contribution is 2.22. The first-order valence-electron chi connectivity index (χ1n) is 4.99. The second kappa shape index (κ2) is 4.41. The maximum absolute atomic E-state index is 11.9. The molecule has 0 aliphatic heterocycles. The molecule has 1 amide bonds. The summed E-state index contributed by atoms with van der Waals surface area (Å²) in [5.74, 6) is -0.482. The molecule has 0 spiro atoms. The van der Waals surface area contributed by atoms with Gasteiger partial charge in [-0.2, -0.15) is 5.10 Å². The number of benzene rings is 1. The Balaban J connectivity index is 2.55. The Morgan fingerprint density at radius 3 is 2.89 bits per heavy atom. The van der Waals surface area contributed by atoms with Gasteiger partial charge in [0, 0.05) is 24.6 Å². The number of nitrogens with one attached hydrogen (secondary N) is 1. The molecule has 0 fully saturated rings. The van der Waals surface area contributed by atoms with E-state index in [0.717, 1.165) is 5.06 Å². The summed E-state index contributed by atoms with van der Waals surface area (Å²) < 4.78 is 0. The first kappa shape index (κ1) is 12.0. The molecule has 0 unspecified atom stereocenters. The highest BCUT2D eigenvalue weighted by molar-refractivity contribution is 6.04. The van der Waals surface area contributed by atoms with Crippen LogP contribution in [0.2, 0.25) is 0 Å². The van der Waals surface area contributed by atoms with Crippen molar-refractivity contribution in [3.05, 3.63) is 34.0 Å². The van der Waals surface area contributed by atoms with Gasteiger partial charge in [0.1, 0.15) is 0 Å². The van der Waals surface area contributed by atoms with Crippen LogP contribution in [0.4, 0.5) is 5.69 Å². The first-order valence-corrected chi connectivity index (χ1v) is 4.99. The predicted octanol–water partition coefficient (Wildman–Crippen LogP) is 1.10. The molecule has 2 aromatic rings. The molecule has 0 atom stereocenters. The molecule has 8 heteroatoms. The zero-order valence-electron chi connectivity index (χ0n) is 9.71. The van der Waals surface area contributed by atoms with E-state index in [0.29, 0.717) is 10.9 Å². The molecule has 1 N–H and O–H groups in total. The van der Waals surface area contributed by atoms with Gasteiger partial charge in [-0.15, -0.1) is 0 Å². The van der Waals surface area contributed by atoms with E-state index in [1.807, 2.05) is 0 Å². The summed E-state index contributed by atoms with van der Waals surface area (Å²) in [4.78, 5) is 26.8. The molecule has 0 aliphatic carbocycles. The molecule has 0 saturated heterocycles. The van der Waals surface area contributed by atoms with Gasteiger partial charge >= 0.3 is 0 Å². The summed E-state index contributed by atoms with van der Waals surface area (Å²) in [5, 5.41) is 18.6. The molecule has 0 radical (unpaired) electrons. The number of nitro groups is 1. The highest BCUT2D eigenvalue weighted by Gasteiger charge is 2.20. The standard InChI is InChI=1S/C10H10N4O4/c1-13(18-2)10(15)9-7-5-6(14(16)17)3-4-8(7)11-12-9/h3-5H,1-2H3,(H,11,12). The summed E-state index contributed by atoms with van der Waals surface area (Å²) >= 11 is 0. The van der Waals surface area contributed by atoms with Crippen molar-refractivity contribution in [1.29, 1.82) is 0 Å². The number of amides is 1. The zero-order chi connectivity index (χ0) is 13.3. The van der Waals surface area contributed by atoms with Crippen molar-refractivity contribution in [3.8, 4) is 0 Å². The lowest BCUT2D eigenvalue weighted by atomic mass is 10.2. The molecule has 1 heterocycles. The number of H-pyrrole nitrogens is 1. The van der Waals surface area contributed by atoms with Crippen LogP contribution in [-0.4, -0.2) is 40.2 Å². The summed E-state index contributed by atoms with van der Waals surface area (Å²) in [6.07, 6.45) is 0. The monoisotopic (exact) mass is 250 g/mol. The number of fused-ring (bicyclic) bond motifs is 1. The van der Waals surface area contributed by atoms with Gasteiger partial charge in [-0.25, -0.2) is 5.06 Å². The van der Waals surface area contributed by atoms with Crippen LogP contribution in [0.3, 0.4) is 0 Å². The van der Waals surface area contributed by atoms with Crippen molar-refractivity contribution >= 4 is 22.5 Å². The van der Waals surface area contributed by atoms with E-state index in [4.69, 9.17) is 4.84 Å². The van der Waals surface area contributed by atoms with Crippen LogP contribution in [0, 0.1) is 10.1 Å². The van der Waals surface area contributed by atoms with E-state index < -0.39 is 10.8 Å². The van der Waals surface area contributed by atoms with Gasteiger partial charge in [0.2, 0.25) is 0 Å². The molecular formula is C10H10N4O4. The largest absolute Gasteiger partial charge is 0.298 e. The summed E-state index contributed by atoms with van der Waals surface area (Å²) in [6.45, 7) is 0. The maximum Gasteiger partial charge on any atom is 0.298 e. The van der Waals surface area contributed by atoms with Gasteiger partial charge < -0.3 is 0 Å². The number of non-ortho nitro benzene ring substituents is 1. The number of nitro benzene ring substituents is 1. The number of aromatic amines is 1. The number of carbonyl (C=O) groups is 1. The number of rotatable bonds is 3. The summed E-state index contributed by atoms with van der Waals surface area (Å²) in [6, 6.07) is 4.15. The average molecular weight is 250 g/mol. The lowest BCUT2D eigenvalue weighted by Crippen LogP contribution is -2.25. The van der Waals surface area contributed by atoms with E-state index >= 15 is 0 Å². The van der Waals surface area contributed by atoms with Gasteiger partial charge in [0.15, 0.2) is 5.69 Å². The lowest BCUT2D eigenvalue weighted by molar-refractivity contribution is -0.384. The summed E-state index contributed by atoms with van der Waals surface area (Å²) in [5.41, 5.74) is 0.532. The molecule has 8 nitrogen and oxygen atoms in total. The fraction of sp³-hybridized carbons (Fsp3) is 0.200. The molecule has 0 aliphatic rings. The highest BCUT2D eigenvalue weighted by atomic mass is 16.7. The molecule has 94 valence electrons. The van der Waals surface area contributed by atoms with Crippen LogP contribution in [-0.2, 0) is 4.84 Å². The number of nitrogens with zero attached hydrogens (tertiary/aromatic N) is 3. The number of hydrogen-bond acceptors (Lipinski definition) is 5. The van der Waals surface area contributed by atoms with Crippen LogP contribution in [0.15, 0.2) is 18.2 Å². The van der Waals surface area contributed by atoms with Crippen molar-refractivity contribution < 1.29 is 14.6 Å². The molecule has 18 heavy (non-hydrogen) atoms. The number of hydrogen-bond donors (Lipinski definition) is 1. The quantitative estimate of drug-likeness (QED) is 0.649. The molecule has 0 saturated carbocycles. The molecule has 1 aromatic carbocycles. The second-order valence-electron chi connectivity index (χ2n) is 3.54. The third-order valence-corrected chi connectivity index (χ3v) is 2.52. The smallest absolute Gasteiger partial charge is 0.277 e. The Labute approximate surface area is 101 Å². The minimum absolute atomic E-state index is 0.0815. The van der Waals surface area contributed by atoms with Crippen LogP contribution in [0.1, 0.15) is 10.5 Å².